The molecule has 0 unspecified atom stereocenters. The van der Waals surface area contributed by atoms with Gasteiger partial charge < -0.3 is 14.8 Å². The van der Waals surface area contributed by atoms with Crippen molar-refractivity contribution in [3.05, 3.63) is 34.0 Å². The lowest BCUT2D eigenvalue weighted by atomic mass is 10.2. The molecule has 0 bridgehead atoms. The standard InChI is InChI=1S/C12H10Cl2N2O3/c1-18-9-4-3-7(5-10(9)19-2)12(17)16-8(6-15)11(13)14/h3-5H,1-2H3,(H,16,17). The van der Waals surface area contributed by atoms with E-state index in [-0.39, 0.29) is 15.8 Å². The van der Waals surface area contributed by atoms with Crippen LogP contribution in [-0.4, -0.2) is 20.1 Å². The minimum absolute atomic E-state index is 0.219. The Morgan fingerprint density at radius 3 is 2.37 bits per heavy atom. The van der Waals surface area contributed by atoms with Crippen LogP contribution in [0.5, 0.6) is 11.5 Å². The summed E-state index contributed by atoms with van der Waals surface area (Å²) in [5, 5.41) is 11.0. The molecule has 0 aliphatic carbocycles. The fourth-order valence-electron chi connectivity index (χ4n) is 1.28. The van der Waals surface area contributed by atoms with Crippen molar-refractivity contribution in [3.8, 4) is 17.6 Å². The molecule has 100 valence electrons. The summed E-state index contributed by atoms with van der Waals surface area (Å²) in [5.41, 5.74) is 0.0584. The van der Waals surface area contributed by atoms with Gasteiger partial charge in [0.05, 0.1) is 14.2 Å². The van der Waals surface area contributed by atoms with Crippen molar-refractivity contribution < 1.29 is 14.3 Å². The molecule has 0 saturated carbocycles. The van der Waals surface area contributed by atoms with Gasteiger partial charge in [0.25, 0.3) is 5.91 Å². The quantitative estimate of drug-likeness (QED) is 0.868. The monoisotopic (exact) mass is 300 g/mol. The molecule has 0 spiro atoms. The second-order valence-electron chi connectivity index (χ2n) is 3.27. The van der Waals surface area contributed by atoms with Crippen molar-refractivity contribution in [1.82, 2.24) is 5.32 Å². The number of hydrogen-bond donors (Lipinski definition) is 1. The van der Waals surface area contributed by atoms with E-state index in [2.05, 4.69) is 5.32 Å². The lowest BCUT2D eigenvalue weighted by molar-refractivity contribution is 0.0967. The molecular formula is C12H10Cl2N2O3. The Hall–Kier alpha value is -1.90. The minimum atomic E-state index is -0.531. The van der Waals surface area contributed by atoms with Gasteiger partial charge in [0.1, 0.15) is 10.6 Å². The number of carbonyl (C=O) groups excluding carboxylic acids is 1. The first-order valence-electron chi connectivity index (χ1n) is 5.02. The summed E-state index contributed by atoms with van der Waals surface area (Å²) in [6, 6.07) is 6.26. The second kappa shape index (κ2) is 6.88. The molecule has 7 heteroatoms. The summed E-state index contributed by atoms with van der Waals surface area (Å²) in [4.78, 5) is 11.9. The van der Waals surface area contributed by atoms with Crippen LogP contribution in [-0.2, 0) is 0 Å². The van der Waals surface area contributed by atoms with E-state index in [0.717, 1.165) is 0 Å². The number of benzene rings is 1. The van der Waals surface area contributed by atoms with Gasteiger partial charge in [-0.15, -0.1) is 0 Å². The molecule has 19 heavy (non-hydrogen) atoms. The van der Waals surface area contributed by atoms with E-state index in [0.29, 0.717) is 11.5 Å². The van der Waals surface area contributed by atoms with Gasteiger partial charge in [-0.1, -0.05) is 23.2 Å². The van der Waals surface area contributed by atoms with E-state index in [9.17, 15) is 4.79 Å². The second-order valence-corrected chi connectivity index (χ2v) is 4.22. The van der Waals surface area contributed by atoms with Gasteiger partial charge >= 0.3 is 0 Å². The van der Waals surface area contributed by atoms with Crippen LogP contribution in [0.4, 0.5) is 0 Å². The average Bonchev–Trinajstić information content (AvgIpc) is 2.43. The normalized spacial score (nSPS) is 9.21. The molecule has 0 aromatic heterocycles. The SMILES string of the molecule is COc1ccc(C(=O)NC(C#N)=C(Cl)Cl)cc1OC. The third kappa shape index (κ3) is 3.78. The maximum atomic E-state index is 11.9. The Balaban J connectivity index is 3.02. The molecule has 0 heterocycles. The van der Waals surface area contributed by atoms with Crippen molar-refractivity contribution >= 4 is 29.1 Å². The summed E-state index contributed by atoms with van der Waals surface area (Å²) < 4.78 is 9.81. The Labute approximate surface area is 120 Å². The van der Waals surface area contributed by atoms with Crippen LogP contribution in [0.2, 0.25) is 0 Å². The molecule has 0 atom stereocenters. The van der Waals surface area contributed by atoms with Gasteiger partial charge in [0.15, 0.2) is 17.2 Å². The van der Waals surface area contributed by atoms with E-state index < -0.39 is 5.91 Å². The van der Waals surface area contributed by atoms with Crippen LogP contribution in [0.15, 0.2) is 28.4 Å². The molecule has 1 amide bonds. The van der Waals surface area contributed by atoms with Gasteiger partial charge in [-0.25, -0.2) is 0 Å². The van der Waals surface area contributed by atoms with Crippen molar-refractivity contribution in [2.24, 2.45) is 0 Å². The minimum Gasteiger partial charge on any atom is -0.493 e. The molecule has 1 aromatic carbocycles. The van der Waals surface area contributed by atoms with E-state index in [1.54, 1.807) is 12.1 Å². The van der Waals surface area contributed by atoms with Gasteiger partial charge in [0.2, 0.25) is 0 Å². The maximum absolute atomic E-state index is 11.9. The van der Waals surface area contributed by atoms with Crippen LogP contribution >= 0.6 is 23.2 Å². The van der Waals surface area contributed by atoms with Crippen LogP contribution in [0, 0.1) is 11.3 Å². The van der Waals surface area contributed by atoms with E-state index in [1.165, 1.54) is 26.4 Å². The molecule has 0 saturated heterocycles. The van der Waals surface area contributed by atoms with Crippen molar-refractivity contribution in [2.45, 2.75) is 0 Å². The van der Waals surface area contributed by atoms with Gasteiger partial charge in [-0.05, 0) is 18.2 Å². The topological polar surface area (TPSA) is 71.3 Å². The Bertz CT molecular complexity index is 561. The number of nitrogens with one attached hydrogen (secondary N) is 1. The van der Waals surface area contributed by atoms with Crippen LogP contribution in [0.25, 0.3) is 0 Å². The number of nitriles is 1. The highest BCUT2D eigenvalue weighted by Crippen LogP contribution is 2.27. The average molecular weight is 301 g/mol. The Morgan fingerprint density at radius 1 is 1.26 bits per heavy atom. The molecule has 0 fully saturated rings. The molecule has 1 rings (SSSR count). The number of nitrogens with zero attached hydrogens (tertiary/aromatic N) is 1. The number of amides is 1. The van der Waals surface area contributed by atoms with Crippen LogP contribution in [0.3, 0.4) is 0 Å². The summed E-state index contributed by atoms with van der Waals surface area (Å²) in [5.74, 6) is 0.358. The van der Waals surface area contributed by atoms with Crippen molar-refractivity contribution in [3.63, 3.8) is 0 Å². The predicted octanol–water partition coefficient (Wildman–Crippen LogP) is 2.60. The largest absolute Gasteiger partial charge is 0.493 e. The molecule has 0 aliphatic rings. The summed E-state index contributed by atoms with van der Waals surface area (Å²) in [6.07, 6.45) is 0. The number of allylic oxidation sites excluding steroid dienone is 1. The van der Waals surface area contributed by atoms with Crippen molar-refractivity contribution in [1.29, 1.82) is 5.26 Å². The predicted molar refractivity (Wildman–Crippen MR) is 71.4 cm³/mol. The third-order valence-electron chi connectivity index (χ3n) is 2.19. The van der Waals surface area contributed by atoms with E-state index in [4.69, 9.17) is 37.9 Å². The molecular weight excluding hydrogens is 291 g/mol. The summed E-state index contributed by atoms with van der Waals surface area (Å²) in [6.45, 7) is 0. The number of carbonyl (C=O) groups is 1. The number of rotatable bonds is 4. The van der Waals surface area contributed by atoms with Gasteiger partial charge in [-0.2, -0.15) is 5.26 Å². The Kier molecular flexibility index (Phi) is 5.49. The highest BCUT2D eigenvalue weighted by atomic mass is 35.5. The number of methoxy groups -OCH3 is 2. The fourth-order valence-corrected chi connectivity index (χ4v) is 1.46. The zero-order valence-corrected chi connectivity index (χ0v) is 11.7. The summed E-state index contributed by atoms with van der Waals surface area (Å²) in [7, 11) is 2.94. The van der Waals surface area contributed by atoms with Crippen LogP contribution in [0.1, 0.15) is 10.4 Å². The molecule has 1 N–H and O–H groups in total. The lowest BCUT2D eigenvalue weighted by Crippen LogP contribution is -2.22. The zero-order chi connectivity index (χ0) is 14.4. The number of hydrogen-bond acceptors (Lipinski definition) is 4. The molecule has 1 aromatic rings. The lowest BCUT2D eigenvalue weighted by Gasteiger charge is -2.09. The number of halogens is 2. The fraction of sp³-hybridized carbons (Fsp3) is 0.167. The smallest absolute Gasteiger partial charge is 0.256 e. The van der Waals surface area contributed by atoms with Gasteiger partial charge in [0, 0.05) is 5.56 Å². The van der Waals surface area contributed by atoms with Crippen molar-refractivity contribution in [2.75, 3.05) is 14.2 Å². The molecule has 5 nitrogen and oxygen atoms in total. The van der Waals surface area contributed by atoms with Crippen LogP contribution < -0.4 is 14.8 Å². The highest BCUT2D eigenvalue weighted by Gasteiger charge is 2.13. The first kappa shape index (κ1) is 15.2. The molecule has 0 aliphatic heterocycles. The first-order valence-corrected chi connectivity index (χ1v) is 5.77. The number of ether oxygens (including phenoxy) is 2. The Morgan fingerprint density at radius 2 is 1.89 bits per heavy atom. The van der Waals surface area contributed by atoms with E-state index in [1.807, 2.05) is 0 Å². The first-order chi connectivity index (χ1) is 9.03. The zero-order valence-electron chi connectivity index (χ0n) is 10.2. The van der Waals surface area contributed by atoms with Gasteiger partial charge in [-0.3, -0.25) is 4.79 Å². The third-order valence-corrected chi connectivity index (χ3v) is 2.56. The van der Waals surface area contributed by atoms with E-state index >= 15 is 0 Å². The maximum Gasteiger partial charge on any atom is 0.256 e. The molecule has 0 radical (unpaired) electrons. The highest BCUT2D eigenvalue weighted by molar-refractivity contribution is 6.56. The summed E-state index contributed by atoms with van der Waals surface area (Å²) >= 11 is 10.9.